The molecule has 0 saturated heterocycles. The SMILES string of the molecule is Nc1c(C=O)c(CCl)cc2sccc12. The summed E-state index contributed by atoms with van der Waals surface area (Å²) in [6, 6.07) is 3.84. The minimum Gasteiger partial charge on any atom is -0.398 e. The van der Waals surface area contributed by atoms with Gasteiger partial charge in [0.15, 0.2) is 6.29 Å². The average Bonchev–Trinajstić information content (AvgIpc) is 2.65. The Bertz CT molecular complexity index is 492. The molecule has 0 saturated carbocycles. The van der Waals surface area contributed by atoms with Gasteiger partial charge >= 0.3 is 0 Å². The molecule has 0 aliphatic rings. The van der Waals surface area contributed by atoms with Crippen molar-refractivity contribution < 1.29 is 4.79 Å². The number of benzene rings is 1. The van der Waals surface area contributed by atoms with Gasteiger partial charge in [-0.2, -0.15) is 0 Å². The third kappa shape index (κ3) is 1.29. The molecule has 2 rings (SSSR count). The molecular weight excluding hydrogens is 218 g/mol. The fourth-order valence-corrected chi connectivity index (χ4v) is 2.55. The number of rotatable bonds is 2. The van der Waals surface area contributed by atoms with Crippen LogP contribution in [0.1, 0.15) is 15.9 Å². The summed E-state index contributed by atoms with van der Waals surface area (Å²) in [7, 11) is 0. The molecule has 2 N–H and O–H groups in total. The van der Waals surface area contributed by atoms with Crippen molar-refractivity contribution in [3.63, 3.8) is 0 Å². The fourth-order valence-electron chi connectivity index (χ4n) is 1.46. The summed E-state index contributed by atoms with van der Waals surface area (Å²) in [5.74, 6) is 0.312. The Kier molecular flexibility index (Phi) is 2.44. The lowest BCUT2D eigenvalue weighted by Gasteiger charge is -2.05. The van der Waals surface area contributed by atoms with E-state index in [0.717, 1.165) is 21.9 Å². The lowest BCUT2D eigenvalue weighted by Crippen LogP contribution is -1.97. The van der Waals surface area contributed by atoms with E-state index < -0.39 is 0 Å². The van der Waals surface area contributed by atoms with E-state index in [0.29, 0.717) is 17.1 Å². The normalized spacial score (nSPS) is 10.6. The van der Waals surface area contributed by atoms with Crippen molar-refractivity contribution in [1.29, 1.82) is 0 Å². The standard InChI is InChI=1S/C10H8ClNOS/c11-4-6-3-9-7(1-2-14-9)10(12)8(6)5-13/h1-3,5H,4,12H2. The number of thiophene rings is 1. The van der Waals surface area contributed by atoms with Crippen LogP contribution in [-0.2, 0) is 5.88 Å². The van der Waals surface area contributed by atoms with Crippen LogP contribution in [0.5, 0.6) is 0 Å². The topological polar surface area (TPSA) is 43.1 Å². The Morgan fingerprint density at radius 2 is 2.36 bits per heavy atom. The Hall–Kier alpha value is -1.06. The minimum atomic E-state index is 0.312. The van der Waals surface area contributed by atoms with Gasteiger partial charge in [0.05, 0.1) is 5.69 Å². The van der Waals surface area contributed by atoms with E-state index in [1.165, 1.54) is 0 Å². The van der Waals surface area contributed by atoms with Crippen LogP contribution in [0.25, 0.3) is 10.1 Å². The second kappa shape index (κ2) is 3.59. The predicted octanol–water partition coefficient (Wildman–Crippen LogP) is 3.03. The number of halogens is 1. The number of fused-ring (bicyclic) bond motifs is 1. The molecule has 1 aromatic carbocycles. The maximum Gasteiger partial charge on any atom is 0.152 e. The summed E-state index contributed by atoms with van der Waals surface area (Å²) < 4.78 is 1.07. The van der Waals surface area contributed by atoms with Gasteiger partial charge in [-0.05, 0) is 23.1 Å². The van der Waals surface area contributed by atoms with Crippen LogP contribution in [0.4, 0.5) is 5.69 Å². The summed E-state index contributed by atoms with van der Waals surface area (Å²) in [6.07, 6.45) is 0.768. The van der Waals surface area contributed by atoms with Crippen LogP contribution in [0.3, 0.4) is 0 Å². The lowest BCUT2D eigenvalue weighted by molar-refractivity contribution is 0.112. The highest BCUT2D eigenvalue weighted by Crippen LogP contribution is 2.31. The summed E-state index contributed by atoms with van der Waals surface area (Å²) in [5.41, 5.74) is 7.72. The number of hydrogen-bond acceptors (Lipinski definition) is 3. The number of carbonyl (C=O) groups excluding carboxylic acids is 1. The highest BCUT2D eigenvalue weighted by atomic mass is 35.5. The first-order valence-corrected chi connectivity index (χ1v) is 5.49. The summed E-state index contributed by atoms with van der Waals surface area (Å²) in [6.45, 7) is 0. The van der Waals surface area contributed by atoms with Gasteiger partial charge in [0.25, 0.3) is 0 Å². The quantitative estimate of drug-likeness (QED) is 0.485. The lowest BCUT2D eigenvalue weighted by atomic mass is 10.1. The average molecular weight is 226 g/mol. The zero-order chi connectivity index (χ0) is 10.1. The summed E-state index contributed by atoms with van der Waals surface area (Å²) >= 11 is 7.34. The predicted molar refractivity (Wildman–Crippen MR) is 61.2 cm³/mol. The number of nitrogens with two attached hydrogens (primary N) is 1. The first-order chi connectivity index (χ1) is 6.77. The molecule has 0 spiro atoms. The molecule has 4 heteroatoms. The molecule has 0 aliphatic carbocycles. The first kappa shape index (κ1) is 9.49. The van der Waals surface area contributed by atoms with Gasteiger partial charge in [-0.25, -0.2) is 0 Å². The highest BCUT2D eigenvalue weighted by Gasteiger charge is 2.10. The smallest absolute Gasteiger partial charge is 0.152 e. The number of nitrogen functional groups attached to an aromatic ring is 1. The molecule has 0 fully saturated rings. The summed E-state index contributed by atoms with van der Waals surface area (Å²) in [4.78, 5) is 10.8. The van der Waals surface area contributed by atoms with Crippen molar-refractivity contribution in [3.05, 3.63) is 28.6 Å². The van der Waals surface area contributed by atoms with E-state index in [4.69, 9.17) is 17.3 Å². The number of alkyl halides is 1. The second-order valence-corrected chi connectivity index (χ2v) is 4.16. The van der Waals surface area contributed by atoms with Crippen LogP contribution >= 0.6 is 22.9 Å². The zero-order valence-electron chi connectivity index (χ0n) is 7.29. The third-order valence-electron chi connectivity index (χ3n) is 2.19. The van der Waals surface area contributed by atoms with Crippen molar-refractivity contribution in [2.75, 3.05) is 5.73 Å². The maximum absolute atomic E-state index is 10.8. The van der Waals surface area contributed by atoms with Gasteiger partial charge in [0.1, 0.15) is 0 Å². The van der Waals surface area contributed by atoms with Crippen LogP contribution in [-0.4, -0.2) is 6.29 Å². The van der Waals surface area contributed by atoms with Crippen molar-refractivity contribution in [3.8, 4) is 0 Å². The molecule has 2 aromatic rings. The molecule has 0 bridgehead atoms. The van der Waals surface area contributed by atoms with Gasteiger partial charge < -0.3 is 5.73 Å². The van der Waals surface area contributed by atoms with E-state index in [1.54, 1.807) is 11.3 Å². The minimum absolute atomic E-state index is 0.312. The van der Waals surface area contributed by atoms with Gasteiger partial charge in [-0.3, -0.25) is 4.79 Å². The van der Waals surface area contributed by atoms with E-state index >= 15 is 0 Å². The molecule has 0 unspecified atom stereocenters. The van der Waals surface area contributed by atoms with Gasteiger partial charge in [-0.1, -0.05) is 0 Å². The van der Waals surface area contributed by atoms with Crippen LogP contribution in [0, 0.1) is 0 Å². The van der Waals surface area contributed by atoms with E-state index in [1.807, 2.05) is 17.5 Å². The fraction of sp³-hybridized carbons (Fsp3) is 0.100. The largest absolute Gasteiger partial charge is 0.398 e. The zero-order valence-corrected chi connectivity index (χ0v) is 8.86. The van der Waals surface area contributed by atoms with Gasteiger partial charge in [0.2, 0.25) is 0 Å². The van der Waals surface area contributed by atoms with Gasteiger partial charge in [-0.15, -0.1) is 22.9 Å². The molecule has 0 aliphatic heterocycles. The Morgan fingerprint density at radius 3 is 3.00 bits per heavy atom. The van der Waals surface area contributed by atoms with Crippen LogP contribution in [0.2, 0.25) is 0 Å². The number of anilines is 1. The first-order valence-electron chi connectivity index (χ1n) is 4.07. The van der Waals surface area contributed by atoms with Crippen molar-refractivity contribution in [2.24, 2.45) is 0 Å². The highest BCUT2D eigenvalue weighted by molar-refractivity contribution is 7.17. The molecule has 1 aromatic heterocycles. The van der Waals surface area contributed by atoms with E-state index in [2.05, 4.69) is 0 Å². The number of hydrogen-bond donors (Lipinski definition) is 1. The number of aldehydes is 1. The van der Waals surface area contributed by atoms with Crippen molar-refractivity contribution in [1.82, 2.24) is 0 Å². The molecule has 0 atom stereocenters. The molecule has 0 amide bonds. The Balaban J connectivity index is 2.85. The Labute approximate surface area is 90.3 Å². The van der Waals surface area contributed by atoms with Crippen molar-refractivity contribution >= 4 is 45.0 Å². The molecule has 14 heavy (non-hydrogen) atoms. The summed E-state index contributed by atoms with van der Waals surface area (Å²) in [5, 5.41) is 2.89. The van der Waals surface area contributed by atoms with Crippen LogP contribution < -0.4 is 5.73 Å². The van der Waals surface area contributed by atoms with Crippen molar-refractivity contribution in [2.45, 2.75) is 5.88 Å². The molecule has 0 radical (unpaired) electrons. The molecule has 72 valence electrons. The Morgan fingerprint density at radius 1 is 1.57 bits per heavy atom. The molecule has 1 heterocycles. The third-order valence-corrected chi connectivity index (χ3v) is 3.34. The molecular formula is C10H8ClNOS. The maximum atomic E-state index is 10.8. The van der Waals surface area contributed by atoms with E-state index in [-0.39, 0.29) is 0 Å². The van der Waals surface area contributed by atoms with Gasteiger partial charge in [0, 0.05) is 21.5 Å². The second-order valence-electron chi connectivity index (χ2n) is 2.95. The van der Waals surface area contributed by atoms with Crippen LogP contribution in [0.15, 0.2) is 17.5 Å². The molecule has 2 nitrogen and oxygen atoms in total. The monoisotopic (exact) mass is 225 g/mol. The number of carbonyl (C=O) groups is 1. The van der Waals surface area contributed by atoms with E-state index in [9.17, 15) is 4.79 Å².